The van der Waals surface area contributed by atoms with Crippen LogP contribution in [0.2, 0.25) is 0 Å². The summed E-state index contributed by atoms with van der Waals surface area (Å²) in [6.07, 6.45) is 1.56. The van der Waals surface area contributed by atoms with Gasteiger partial charge in [0.2, 0.25) is 0 Å². The summed E-state index contributed by atoms with van der Waals surface area (Å²) in [5.41, 5.74) is 2.60. The molecule has 1 aromatic heterocycles. The van der Waals surface area contributed by atoms with Crippen molar-refractivity contribution in [1.82, 2.24) is 10.3 Å². The molecule has 5 nitrogen and oxygen atoms in total. The Balaban J connectivity index is 1.68. The highest BCUT2D eigenvalue weighted by Gasteiger charge is 2.09. The van der Waals surface area contributed by atoms with Gasteiger partial charge in [0, 0.05) is 18.4 Å². The lowest BCUT2D eigenvalue weighted by Crippen LogP contribution is -2.23. The van der Waals surface area contributed by atoms with Crippen LogP contribution < -0.4 is 15.4 Å². The molecule has 3 rings (SSSR count). The SMILES string of the molecule is COc1ccccc1Nc1ccnc(C(=O)NCc2ccc(F)cc2)c1. The monoisotopic (exact) mass is 351 g/mol. The van der Waals surface area contributed by atoms with Crippen LogP contribution in [0.4, 0.5) is 15.8 Å². The third-order valence-electron chi connectivity index (χ3n) is 3.74. The second-order valence-electron chi connectivity index (χ2n) is 5.56. The Morgan fingerprint density at radius 3 is 2.65 bits per heavy atom. The van der Waals surface area contributed by atoms with Crippen molar-refractivity contribution in [2.45, 2.75) is 6.54 Å². The summed E-state index contributed by atoms with van der Waals surface area (Å²) in [4.78, 5) is 16.4. The number of carbonyl (C=O) groups excluding carboxylic acids is 1. The van der Waals surface area contributed by atoms with E-state index in [9.17, 15) is 9.18 Å². The van der Waals surface area contributed by atoms with Crippen LogP contribution in [-0.2, 0) is 6.54 Å². The molecule has 0 atom stereocenters. The largest absolute Gasteiger partial charge is 0.495 e. The zero-order chi connectivity index (χ0) is 18.4. The van der Waals surface area contributed by atoms with E-state index in [2.05, 4.69) is 15.6 Å². The van der Waals surface area contributed by atoms with Crippen LogP contribution in [0.1, 0.15) is 16.1 Å². The van der Waals surface area contributed by atoms with E-state index in [-0.39, 0.29) is 17.4 Å². The number of carbonyl (C=O) groups is 1. The number of methoxy groups -OCH3 is 1. The zero-order valence-electron chi connectivity index (χ0n) is 14.2. The number of nitrogens with one attached hydrogen (secondary N) is 2. The standard InChI is InChI=1S/C20H18FN3O2/c1-26-19-5-3-2-4-17(19)24-16-10-11-22-18(12-16)20(25)23-13-14-6-8-15(21)9-7-14/h2-12H,13H2,1H3,(H,22,24)(H,23,25). The first-order chi connectivity index (χ1) is 12.7. The van der Waals surface area contributed by atoms with Crippen molar-refractivity contribution in [3.05, 3.63) is 83.9 Å². The third kappa shape index (κ3) is 4.36. The van der Waals surface area contributed by atoms with Gasteiger partial charge < -0.3 is 15.4 Å². The Morgan fingerprint density at radius 2 is 1.88 bits per heavy atom. The Morgan fingerprint density at radius 1 is 1.12 bits per heavy atom. The predicted molar refractivity (Wildman–Crippen MR) is 98.1 cm³/mol. The van der Waals surface area contributed by atoms with E-state index in [4.69, 9.17) is 4.74 Å². The number of pyridine rings is 1. The van der Waals surface area contributed by atoms with Crippen molar-refractivity contribution in [2.24, 2.45) is 0 Å². The molecule has 0 aliphatic heterocycles. The Kier molecular flexibility index (Phi) is 5.43. The van der Waals surface area contributed by atoms with Crippen LogP contribution >= 0.6 is 0 Å². The number of nitrogens with zero attached hydrogens (tertiary/aromatic N) is 1. The van der Waals surface area contributed by atoms with E-state index in [1.807, 2.05) is 24.3 Å². The minimum atomic E-state index is -0.308. The molecule has 3 aromatic rings. The third-order valence-corrected chi connectivity index (χ3v) is 3.74. The Labute approximate surface area is 150 Å². The van der Waals surface area contributed by atoms with Gasteiger partial charge in [0.15, 0.2) is 0 Å². The fourth-order valence-electron chi connectivity index (χ4n) is 2.41. The number of benzene rings is 2. The van der Waals surface area contributed by atoms with Crippen molar-refractivity contribution in [2.75, 3.05) is 12.4 Å². The maximum Gasteiger partial charge on any atom is 0.270 e. The second-order valence-corrected chi connectivity index (χ2v) is 5.56. The zero-order valence-corrected chi connectivity index (χ0v) is 14.2. The van der Waals surface area contributed by atoms with Crippen molar-refractivity contribution >= 4 is 17.3 Å². The number of anilines is 2. The van der Waals surface area contributed by atoms with Gasteiger partial charge in [-0.2, -0.15) is 0 Å². The normalized spacial score (nSPS) is 10.2. The summed E-state index contributed by atoms with van der Waals surface area (Å²) in [6, 6.07) is 16.9. The van der Waals surface area contributed by atoms with Crippen molar-refractivity contribution in [3.8, 4) is 5.75 Å². The van der Waals surface area contributed by atoms with E-state index in [1.165, 1.54) is 12.1 Å². The lowest BCUT2D eigenvalue weighted by molar-refractivity contribution is 0.0946. The molecule has 0 saturated heterocycles. The van der Waals surface area contributed by atoms with Crippen LogP contribution in [0.3, 0.4) is 0 Å². The van der Waals surface area contributed by atoms with Crippen LogP contribution in [0.5, 0.6) is 5.75 Å². The van der Waals surface area contributed by atoms with E-state index < -0.39 is 0 Å². The lowest BCUT2D eigenvalue weighted by Gasteiger charge is -2.11. The first kappa shape index (κ1) is 17.4. The van der Waals surface area contributed by atoms with E-state index >= 15 is 0 Å². The average molecular weight is 351 g/mol. The summed E-state index contributed by atoms with van der Waals surface area (Å²) in [5.74, 6) is 0.0847. The highest BCUT2D eigenvalue weighted by atomic mass is 19.1. The van der Waals surface area contributed by atoms with Gasteiger partial charge in [-0.15, -0.1) is 0 Å². The van der Waals surface area contributed by atoms with E-state index in [0.717, 1.165) is 16.9 Å². The molecule has 2 aromatic carbocycles. The van der Waals surface area contributed by atoms with Crippen molar-refractivity contribution in [1.29, 1.82) is 0 Å². The minimum Gasteiger partial charge on any atom is -0.495 e. The predicted octanol–water partition coefficient (Wildman–Crippen LogP) is 3.90. The van der Waals surface area contributed by atoms with Crippen LogP contribution in [0.15, 0.2) is 66.9 Å². The summed E-state index contributed by atoms with van der Waals surface area (Å²) in [6.45, 7) is 0.297. The Hall–Kier alpha value is -3.41. The number of hydrogen-bond acceptors (Lipinski definition) is 4. The molecule has 6 heteroatoms. The number of rotatable bonds is 6. The molecule has 1 amide bonds. The molecule has 0 fully saturated rings. The first-order valence-corrected chi connectivity index (χ1v) is 8.04. The van der Waals surface area contributed by atoms with Gasteiger partial charge in [0.25, 0.3) is 5.91 Å². The smallest absolute Gasteiger partial charge is 0.270 e. The molecule has 0 bridgehead atoms. The summed E-state index contributed by atoms with van der Waals surface area (Å²) in [7, 11) is 1.60. The van der Waals surface area contributed by atoms with Gasteiger partial charge in [0.05, 0.1) is 12.8 Å². The highest BCUT2D eigenvalue weighted by Crippen LogP contribution is 2.26. The van der Waals surface area contributed by atoms with E-state index in [0.29, 0.717) is 12.3 Å². The highest BCUT2D eigenvalue weighted by molar-refractivity contribution is 5.93. The maximum absolute atomic E-state index is 12.9. The molecule has 0 radical (unpaired) electrons. The lowest BCUT2D eigenvalue weighted by atomic mass is 10.2. The molecule has 0 aliphatic carbocycles. The van der Waals surface area contributed by atoms with Crippen LogP contribution in [-0.4, -0.2) is 18.0 Å². The van der Waals surface area contributed by atoms with Gasteiger partial charge in [-0.05, 0) is 42.0 Å². The molecule has 26 heavy (non-hydrogen) atoms. The number of ether oxygens (including phenoxy) is 1. The fraction of sp³-hybridized carbons (Fsp3) is 0.100. The number of halogens is 1. The molecule has 0 unspecified atom stereocenters. The molecule has 0 aliphatic rings. The molecule has 2 N–H and O–H groups in total. The van der Waals surface area contributed by atoms with Gasteiger partial charge in [0.1, 0.15) is 17.3 Å². The second kappa shape index (κ2) is 8.11. The van der Waals surface area contributed by atoms with Gasteiger partial charge in [-0.3, -0.25) is 9.78 Å². The summed E-state index contributed by atoms with van der Waals surface area (Å²) in [5, 5.41) is 5.98. The van der Waals surface area contributed by atoms with Gasteiger partial charge in [-0.1, -0.05) is 24.3 Å². The van der Waals surface area contributed by atoms with Crippen molar-refractivity contribution in [3.63, 3.8) is 0 Å². The first-order valence-electron chi connectivity index (χ1n) is 8.04. The molecule has 0 spiro atoms. The van der Waals surface area contributed by atoms with Gasteiger partial charge in [-0.25, -0.2) is 4.39 Å². The summed E-state index contributed by atoms with van der Waals surface area (Å²) >= 11 is 0. The van der Waals surface area contributed by atoms with Gasteiger partial charge >= 0.3 is 0 Å². The molecule has 1 heterocycles. The topological polar surface area (TPSA) is 63.2 Å². The Bertz CT molecular complexity index is 898. The molecular weight excluding hydrogens is 333 g/mol. The molecular formula is C20H18FN3O2. The quantitative estimate of drug-likeness (QED) is 0.707. The number of hydrogen-bond donors (Lipinski definition) is 2. The maximum atomic E-state index is 12.9. The van der Waals surface area contributed by atoms with Crippen LogP contribution in [0.25, 0.3) is 0 Å². The summed E-state index contributed by atoms with van der Waals surface area (Å²) < 4.78 is 18.2. The van der Waals surface area contributed by atoms with Crippen LogP contribution in [0, 0.1) is 5.82 Å². The van der Waals surface area contributed by atoms with Crippen molar-refractivity contribution < 1.29 is 13.9 Å². The number of amides is 1. The number of para-hydroxylation sites is 2. The molecule has 0 saturated carbocycles. The fourth-order valence-corrected chi connectivity index (χ4v) is 2.41. The minimum absolute atomic E-state index is 0.284. The molecule has 132 valence electrons. The number of aromatic nitrogens is 1. The average Bonchev–Trinajstić information content (AvgIpc) is 2.68. The van der Waals surface area contributed by atoms with E-state index in [1.54, 1.807) is 37.6 Å².